The van der Waals surface area contributed by atoms with Crippen molar-refractivity contribution >= 4 is 28.6 Å². The third kappa shape index (κ3) is 2.45. The van der Waals surface area contributed by atoms with E-state index in [2.05, 4.69) is 10.3 Å². The number of rotatable bonds is 2. The molecule has 1 heterocycles. The number of nitrogens with one attached hydrogen (secondary N) is 1. The zero-order chi connectivity index (χ0) is 12.4. The minimum atomic E-state index is -0.140. The molecule has 0 bridgehead atoms. The Kier molecular flexibility index (Phi) is 3.10. The normalized spacial score (nSPS) is 10.2. The molecule has 0 saturated carbocycles. The van der Waals surface area contributed by atoms with E-state index in [-0.39, 0.29) is 5.91 Å². The van der Waals surface area contributed by atoms with E-state index < -0.39 is 0 Å². The van der Waals surface area contributed by atoms with Crippen LogP contribution in [0.4, 0.5) is 11.4 Å². The Morgan fingerprint density at radius 1 is 1.41 bits per heavy atom. The summed E-state index contributed by atoms with van der Waals surface area (Å²) in [6.45, 7) is 3.74. The monoisotopic (exact) mass is 247 g/mol. The fourth-order valence-electron chi connectivity index (χ4n) is 1.47. The number of nitrogens with zero attached hydrogens (tertiary/aromatic N) is 1. The van der Waals surface area contributed by atoms with Crippen LogP contribution in [0.15, 0.2) is 23.7 Å². The van der Waals surface area contributed by atoms with Gasteiger partial charge in [0.15, 0.2) is 0 Å². The molecule has 0 atom stereocenters. The molecule has 88 valence electrons. The molecule has 0 aliphatic carbocycles. The fraction of sp³-hybridized carbons (Fsp3) is 0.167. The second kappa shape index (κ2) is 4.55. The van der Waals surface area contributed by atoms with Gasteiger partial charge in [0, 0.05) is 11.4 Å². The minimum absolute atomic E-state index is 0.140. The van der Waals surface area contributed by atoms with Gasteiger partial charge >= 0.3 is 0 Å². The summed E-state index contributed by atoms with van der Waals surface area (Å²) in [7, 11) is 0. The van der Waals surface area contributed by atoms with Crippen molar-refractivity contribution in [1.82, 2.24) is 4.98 Å². The summed E-state index contributed by atoms with van der Waals surface area (Å²) in [5.41, 5.74) is 10.4. The van der Waals surface area contributed by atoms with Crippen LogP contribution in [0.1, 0.15) is 20.9 Å². The maximum atomic E-state index is 12.0. The molecule has 1 aromatic heterocycles. The number of carbonyl (C=O) groups is 1. The summed E-state index contributed by atoms with van der Waals surface area (Å²) in [5, 5.41) is 2.85. The Labute approximate surface area is 103 Å². The standard InChI is InChI=1S/C12H13N3OS/c1-7-3-4-9(13)5-10(7)15-12(16)11-8(2)14-6-17-11/h3-6H,13H2,1-2H3,(H,15,16). The highest BCUT2D eigenvalue weighted by Gasteiger charge is 2.12. The molecule has 17 heavy (non-hydrogen) atoms. The van der Waals surface area contributed by atoms with Gasteiger partial charge in [-0.15, -0.1) is 11.3 Å². The number of thiazole rings is 1. The van der Waals surface area contributed by atoms with Crippen molar-refractivity contribution in [1.29, 1.82) is 0 Å². The minimum Gasteiger partial charge on any atom is -0.399 e. The summed E-state index contributed by atoms with van der Waals surface area (Å²) < 4.78 is 0. The molecule has 0 saturated heterocycles. The van der Waals surface area contributed by atoms with Gasteiger partial charge in [-0.05, 0) is 31.5 Å². The van der Waals surface area contributed by atoms with Crippen LogP contribution in [-0.2, 0) is 0 Å². The summed E-state index contributed by atoms with van der Waals surface area (Å²) in [4.78, 5) is 16.7. The van der Waals surface area contributed by atoms with Crippen molar-refractivity contribution in [3.8, 4) is 0 Å². The molecule has 3 N–H and O–H groups in total. The van der Waals surface area contributed by atoms with Gasteiger partial charge in [0.05, 0.1) is 11.2 Å². The van der Waals surface area contributed by atoms with Crippen molar-refractivity contribution in [2.24, 2.45) is 0 Å². The maximum absolute atomic E-state index is 12.0. The SMILES string of the molecule is Cc1ccc(N)cc1NC(=O)c1scnc1C. The topological polar surface area (TPSA) is 68.0 Å². The van der Waals surface area contributed by atoms with Gasteiger partial charge in [-0.25, -0.2) is 4.98 Å². The molecule has 0 aliphatic heterocycles. The molecule has 0 unspecified atom stereocenters. The van der Waals surface area contributed by atoms with E-state index in [1.807, 2.05) is 26.0 Å². The van der Waals surface area contributed by atoms with E-state index in [0.29, 0.717) is 10.6 Å². The molecule has 0 aliphatic rings. The van der Waals surface area contributed by atoms with Crippen molar-refractivity contribution in [3.05, 3.63) is 39.8 Å². The molecule has 2 aromatic rings. The lowest BCUT2D eigenvalue weighted by Crippen LogP contribution is -2.12. The highest BCUT2D eigenvalue weighted by Crippen LogP contribution is 2.20. The average molecular weight is 247 g/mol. The van der Waals surface area contributed by atoms with Gasteiger partial charge in [0.1, 0.15) is 4.88 Å². The number of aryl methyl sites for hydroxylation is 2. The van der Waals surface area contributed by atoms with Crippen molar-refractivity contribution in [2.45, 2.75) is 13.8 Å². The summed E-state index contributed by atoms with van der Waals surface area (Å²) in [6.07, 6.45) is 0. The first-order valence-electron chi connectivity index (χ1n) is 5.15. The first kappa shape index (κ1) is 11.6. The predicted octanol–water partition coefficient (Wildman–Crippen LogP) is 2.59. The van der Waals surface area contributed by atoms with E-state index in [1.165, 1.54) is 11.3 Å². The molecule has 1 amide bonds. The zero-order valence-corrected chi connectivity index (χ0v) is 10.5. The number of anilines is 2. The second-order valence-corrected chi connectivity index (χ2v) is 4.65. The first-order chi connectivity index (χ1) is 8.08. The average Bonchev–Trinajstić information content (AvgIpc) is 2.70. The number of carbonyl (C=O) groups excluding carboxylic acids is 1. The number of hydrogen-bond acceptors (Lipinski definition) is 4. The Morgan fingerprint density at radius 2 is 2.18 bits per heavy atom. The van der Waals surface area contributed by atoms with Crippen molar-refractivity contribution in [2.75, 3.05) is 11.1 Å². The van der Waals surface area contributed by atoms with Crippen LogP contribution >= 0.6 is 11.3 Å². The lowest BCUT2D eigenvalue weighted by atomic mass is 10.2. The molecule has 0 fully saturated rings. The summed E-state index contributed by atoms with van der Waals surface area (Å²) in [6, 6.07) is 5.44. The molecule has 0 radical (unpaired) electrons. The number of nitrogen functional groups attached to an aromatic ring is 1. The number of benzene rings is 1. The lowest BCUT2D eigenvalue weighted by molar-refractivity contribution is 0.102. The van der Waals surface area contributed by atoms with Crippen molar-refractivity contribution < 1.29 is 4.79 Å². The molecule has 4 nitrogen and oxygen atoms in total. The Bertz CT molecular complexity index is 563. The highest BCUT2D eigenvalue weighted by atomic mass is 32.1. The molecule has 5 heteroatoms. The van der Waals surface area contributed by atoms with E-state index in [4.69, 9.17) is 5.73 Å². The predicted molar refractivity (Wildman–Crippen MR) is 70.4 cm³/mol. The van der Waals surface area contributed by atoms with Crippen LogP contribution in [0.3, 0.4) is 0 Å². The lowest BCUT2D eigenvalue weighted by Gasteiger charge is -2.08. The van der Waals surface area contributed by atoms with Crippen LogP contribution in [0.5, 0.6) is 0 Å². The first-order valence-corrected chi connectivity index (χ1v) is 6.03. The summed E-state index contributed by atoms with van der Waals surface area (Å²) >= 11 is 1.33. The van der Waals surface area contributed by atoms with E-state index in [1.54, 1.807) is 11.6 Å². The number of aromatic nitrogens is 1. The summed E-state index contributed by atoms with van der Waals surface area (Å²) in [5.74, 6) is -0.140. The van der Waals surface area contributed by atoms with Gasteiger partial charge < -0.3 is 11.1 Å². The smallest absolute Gasteiger partial charge is 0.267 e. The van der Waals surface area contributed by atoms with Gasteiger partial charge in [-0.3, -0.25) is 4.79 Å². The number of nitrogens with two attached hydrogens (primary N) is 1. The quantitative estimate of drug-likeness (QED) is 0.801. The van der Waals surface area contributed by atoms with Crippen LogP contribution in [0.25, 0.3) is 0 Å². The van der Waals surface area contributed by atoms with Crippen LogP contribution in [0, 0.1) is 13.8 Å². The second-order valence-electron chi connectivity index (χ2n) is 3.80. The maximum Gasteiger partial charge on any atom is 0.267 e. The molecular formula is C12H13N3OS. The molecule has 1 aromatic carbocycles. The number of hydrogen-bond donors (Lipinski definition) is 2. The van der Waals surface area contributed by atoms with Crippen LogP contribution in [0.2, 0.25) is 0 Å². The van der Waals surface area contributed by atoms with Crippen molar-refractivity contribution in [3.63, 3.8) is 0 Å². The molecular weight excluding hydrogens is 234 g/mol. The van der Waals surface area contributed by atoms with Gasteiger partial charge in [-0.2, -0.15) is 0 Å². The van der Waals surface area contributed by atoms with Gasteiger partial charge in [0.2, 0.25) is 0 Å². The largest absolute Gasteiger partial charge is 0.399 e. The Morgan fingerprint density at radius 3 is 2.82 bits per heavy atom. The van der Waals surface area contributed by atoms with E-state index in [9.17, 15) is 4.79 Å². The van der Waals surface area contributed by atoms with Gasteiger partial charge in [0.25, 0.3) is 5.91 Å². The van der Waals surface area contributed by atoms with E-state index >= 15 is 0 Å². The number of amides is 1. The van der Waals surface area contributed by atoms with Crippen LogP contribution in [-0.4, -0.2) is 10.9 Å². The fourth-order valence-corrected chi connectivity index (χ4v) is 2.17. The van der Waals surface area contributed by atoms with E-state index in [0.717, 1.165) is 16.9 Å². The van der Waals surface area contributed by atoms with Crippen LogP contribution < -0.4 is 11.1 Å². The molecule has 0 spiro atoms. The van der Waals surface area contributed by atoms with Gasteiger partial charge in [-0.1, -0.05) is 6.07 Å². The Hall–Kier alpha value is -1.88. The zero-order valence-electron chi connectivity index (χ0n) is 9.65. The Balaban J connectivity index is 2.24. The highest BCUT2D eigenvalue weighted by molar-refractivity contribution is 7.12. The molecule has 2 rings (SSSR count). The third-order valence-corrected chi connectivity index (χ3v) is 3.39. The third-order valence-electron chi connectivity index (χ3n) is 2.46.